The standard InChI is InChI=1S/C13H14BrClS/c14-8-3-4-16-13(8)12(15)11-9-6-1-2-7(5-6)10(9)11/h3-4,6-7,9-12H,1-2,5H2. The van der Waals surface area contributed by atoms with Gasteiger partial charge in [-0.05, 0) is 76.2 Å². The third-order valence-electron chi connectivity index (χ3n) is 5.03. The van der Waals surface area contributed by atoms with Crippen LogP contribution < -0.4 is 0 Å². The number of rotatable bonds is 2. The first-order valence-electron chi connectivity index (χ1n) is 6.14. The molecule has 3 aliphatic rings. The Balaban J connectivity index is 1.59. The van der Waals surface area contributed by atoms with Crippen molar-refractivity contribution in [2.24, 2.45) is 29.6 Å². The third-order valence-corrected chi connectivity index (χ3v) is 7.62. The quantitative estimate of drug-likeness (QED) is 0.667. The van der Waals surface area contributed by atoms with E-state index in [0.717, 1.165) is 29.6 Å². The summed E-state index contributed by atoms with van der Waals surface area (Å²) in [7, 11) is 0. The van der Waals surface area contributed by atoms with Gasteiger partial charge < -0.3 is 0 Å². The monoisotopic (exact) mass is 316 g/mol. The normalized spacial score (nSPS) is 45.8. The van der Waals surface area contributed by atoms with Gasteiger partial charge in [0.15, 0.2) is 0 Å². The average Bonchev–Trinajstić information content (AvgIpc) is 2.67. The summed E-state index contributed by atoms with van der Waals surface area (Å²) in [6, 6.07) is 2.13. The maximum atomic E-state index is 6.69. The molecule has 1 aromatic heterocycles. The zero-order valence-electron chi connectivity index (χ0n) is 8.90. The van der Waals surface area contributed by atoms with Gasteiger partial charge >= 0.3 is 0 Å². The summed E-state index contributed by atoms with van der Waals surface area (Å²) in [5.41, 5.74) is 0. The summed E-state index contributed by atoms with van der Waals surface area (Å²) < 4.78 is 1.22. The van der Waals surface area contributed by atoms with Gasteiger partial charge in [0.2, 0.25) is 0 Å². The SMILES string of the molecule is ClC(c1sccc1Br)C1C2C3CCC(C3)C21. The van der Waals surface area contributed by atoms with E-state index >= 15 is 0 Å². The third kappa shape index (κ3) is 1.27. The van der Waals surface area contributed by atoms with Crippen LogP contribution in [0.25, 0.3) is 0 Å². The molecular weight excluding hydrogens is 304 g/mol. The Hall–Kier alpha value is 0.470. The first-order valence-corrected chi connectivity index (χ1v) is 8.25. The fourth-order valence-electron chi connectivity index (χ4n) is 4.46. The summed E-state index contributed by atoms with van der Waals surface area (Å²) in [6.45, 7) is 0. The lowest BCUT2D eigenvalue weighted by atomic mass is 10.00. The Labute approximate surface area is 114 Å². The highest BCUT2D eigenvalue weighted by atomic mass is 79.9. The van der Waals surface area contributed by atoms with Gasteiger partial charge in [0.25, 0.3) is 0 Å². The van der Waals surface area contributed by atoms with E-state index in [9.17, 15) is 0 Å². The van der Waals surface area contributed by atoms with Gasteiger partial charge in [-0.3, -0.25) is 0 Å². The van der Waals surface area contributed by atoms with Crippen LogP contribution in [0.4, 0.5) is 0 Å². The minimum absolute atomic E-state index is 0.271. The summed E-state index contributed by atoms with van der Waals surface area (Å²) in [5, 5.41) is 2.41. The van der Waals surface area contributed by atoms with E-state index in [2.05, 4.69) is 27.4 Å². The molecule has 3 aliphatic carbocycles. The number of fused-ring (bicyclic) bond motifs is 5. The molecule has 0 radical (unpaired) electrons. The van der Waals surface area contributed by atoms with Crippen molar-refractivity contribution in [1.29, 1.82) is 0 Å². The van der Waals surface area contributed by atoms with Crippen molar-refractivity contribution in [3.05, 3.63) is 20.8 Å². The Bertz CT molecular complexity index is 413. The van der Waals surface area contributed by atoms with Crippen molar-refractivity contribution in [1.82, 2.24) is 0 Å². The second-order valence-electron chi connectivity index (χ2n) is 5.60. The van der Waals surface area contributed by atoms with Gasteiger partial charge in [0, 0.05) is 9.35 Å². The van der Waals surface area contributed by atoms with Crippen molar-refractivity contribution in [2.75, 3.05) is 0 Å². The molecule has 0 nitrogen and oxygen atoms in total. The molecule has 16 heavy (non-hydrogen) atoms. The van der Waals surface area contributed by atoms with Crippen molar-refractivity contribution in [2.45, 2.75) is 24.6 Å². The Morgan fingerprint density at radius 3 is 2.56 bits per heavy atom. The molecule has 1 heterocycles. The van der Waals surface area contributed by atoms with E-state index in [1.54, 1.807) is 0 Å². The molecule has 3 heteroatoms. The van der Waals surface area contributed by atoms with Gasteiger partial charge in [-0.1, -0.05) is 0 Å². The van der Waals surface area contributed by atoms with Gasteiger partial charge in [0.05, 0.1) is 5.38 Å². The molecule has 0 aromatic carbocycles. The molecule has 3 saturated carbocycles. The fourth-order valence-corrected chi connectivity index (χ4v) is 6.85. The molecular formula is C13H14BrClS. The zero-order chi connectivity index (χ0) is 10.9. The molecule has 1 aromatic rings. The van der Waals surface area contributed by atoms with Crippen LogP contribution in [-0.2, 0) is 0 Å². The lowest BCUT2D eigenvalue weighted by Gasteiger charge is -2.13. The first-order chi connectivity index (χ1) is 7.77. The zero-order valence-corrected chi connectivity index (χ0v) is 12.1. The van der Waals surface area contributed by atoms with Crippen molar-refractivity contribution in [3.8, 4) is 0 Å². The smallest absolute Gasteiger partial charge is 0.0723 e. The topological polar surface area (TPSA) is 0 Å². The Morgan fingerprint density at radius 2 is 2.00 bits per heavy atom. The average molecular weight is 318 g/mol. The Morgan fingerprint density at radius 1 is 1.31 bits per heavy atom. The number of halogens is 2. The van der Waals surface area contributed by atoms with E-state index in [0.29, 0.717) is 0 Å². The Kier molecular flexibility index (Phi) is 2.27. The molecule has 2 bridgehead atoms. The van der Waals surface area contributed by atoms with Crippen LogP contribution in [0.5, 0.6) is 0 Å². The molecule has 5 unspecified atom stereocenters. The molecule has 0 spiro atoms. The van der Waals surface area contributed by atoms with Gasteiger partial charge in [-0.25, -0.2) is 0 Å². The molecule has 4 rings (SSSR count). The van der Waals surface area contributed by atoms with Crippen molar-refractivity contribution >= 4 is 38.9 Å². The van der Waals surface area contributed by atoms with Crippen LogP contribution in [0.3, 0.4) is 0 Å². The second-order valence-corrected chi connectivity index (χ2v) is 7.87. The van der Waals surface area contributed by atoms with Gasteiger partial charge in [0.1, 0.15) is 0 Å². The van der Waals surface area contributed by atoms with Crippen molar-refractivity contribution < 1.29 is 0 Å². The first kappa shape index (κ1) is 10.4. The van der Waals surface area contributed by atoms with E-state index in [-0.39, 0.29) is 5.38 Å². The maximum Gasteiger partial charge on any atom is 0.0723 e. The van der Waals surface area contributed by atoms with Gasteiger partial charge in [-0.15, -0.1) is 22.9 Å². The fraction of sp³-hybridized carbons (Fsp3) is 0.692. The van der Waals surface area contributed by atoms with Crippen LogP contribution >= 0.6 is 38.9 Å². The summed E-state index contributed by atoms with van der Waals surface area (Å²) in [5.74, 6) is 4.81. The van der Waals surface area contributed by atoms with E-state index in [1.165, 1.54) is 28.6 Å². The highest BCUT2D eigenvalue weighted by Gasteiger charge is 2.66. The van der Waals surface area contributed by atoms with Crippen LogP contribution in [-0.4, -0.2) is 0 Å². The van der Waals surface area contributed by atoms with Gasteiger partial charge in [-0.2, -0.15) is 0 Å². The number of hydrogen-bond acceptors (Lipinski definition) is 1. The summed E-state index contributed by atoms with van der Waals surface area (Å²) in [6.07, 6.45) is 4.48. The van der Waals surface area contributed by atoms with E-state index < -0.39 is 0 Å². The van der Waals surface area contributed by atoms with E-state index in [4.69, 9.17) is 11.6 Å². The second kappa shape index (κ2) is 3.49. The highest BCUT2D eigenvalue weighted by Crippen LogP contribution is 2.73. The lowest BCUT2D eigenvalue weighted by molar-refractivity contribution is 0.456. The minimum atomic E-state index is 0.271. The number of alkyl halides is 1. The molecule has 86 valence electrons. The highest BCUT2D eigenvalue weighted by molar-refractivity contribution is 9.10. The molecule has 5 atom stereocenters. The molecule has 0 aliphatic heterocycles. The summed E-state index contributed by atoms with van der Waals surface area (Å²) >= 11 is 12.1. The van der Waals surface area contributed by atoms with Crippen LogP contribution in [0, 0.1) is 29.6 Å². The van der Waals surface area contributed by atoms with Crippen LogP contribution in [0.2, 0.25) is 0 Å². The number of thiophene rings is 1. The molecule has 3 fully saturated rings. The maximum absolute atomic E-state index is 6.69. The van der Waals surface area contributed by atoms with Crippen LogP contribution in [0.15, 0.2) is 15.9 Å². The lowest BCUT2D eigenvalue weighted by Crippen LogP contribution is -2.03. The molecule has 0 N–H and O–H groups in total. The molecule has 0 saturated heterocycles. The largest absolute Gasteiger partial charge is 0.146 e. The molecule has 0 amide bonds. The predicted molar refractivity (Wildman–Crippen MR) is 71.9 cm³/mol. The predicted octanol–water partition coefficient (Wildman–Crippen LogP) is 5.08. The summed E-state index contributed by atoms with van der Waals surface area (Å²) in [4.78, 5) is 1.36. The minimum Gasteiger partial charge on any atom is -0.146 e. The van der Waals surface area contributed by atoms with Crippen molar-refractivity contribution in [3.63, 3.8) is 0 Å². The number of hydrogen-bond donors (Lipinski definition) is 0. The van der Waals surface area contributed by atoms with E-state index in [1.807, 2.05) is 11.3 Å². The van der Waals surface area contributed by atoms with Crippen LogP contribution in [0.1, 0.15) is 29.5 Å².